The molecule has 0 saturated carbocycles. The number of amidine groups is 1. The topological polar surface area (TPSA) is 24.4 Å². The van der Waals surface area contributed by atoms with Crippen molar-refractivity contribution in [2.24, 2.45) is 4.99 Å². The quantitative estimate of drug-likeness (QED) is 0.848. The van der Waals surface area contributed by atoms with Gasteiger partial charge in [-0.25, -0.2) is 0 Å². The average molecular weight is 313 g/mol. The lowest BCUT2D eigenvalue weighted by Crippen LogP contribution is -2.29. The fourth-order valence-corrected chi connectivity index (χ4v) is 2.94. The SMILES string of the molecule is Clc1ccc(C(NC2=NCCCCC2)c2ccccc2)cc1. The number of nitrogens with one attached hydrogen (secondary N) is 1. The molecule has 1 aliphatic rings. The van der Waals surface area contributed by atoms with Crippen LogP contribution in [0.4, 0.5) is 0 Å². The zero-order chi connectivity index (χ0) is 15.2. The van der Waals surface area contributed by atoms with Crippen LogP contribution in [0, 0.1) is 0 Å². The van der Waals surface area contributed by atoms with Crippen molar-refractivity contribution in [2.45, 2.75) is 31.7 Å². The van der Waals surface area contributed by atoms with Gasteiger partial charge in [-0.3, -0.25) is 4.99 Å². The Morgan fingerprint density at radius 2 is 1.59 bits per heavy atom. The van der Waals surface area contributed by atoms with Crippen molar-refractivity contribution in [3.63, 3.8) is 0 Å². The van der Waals surface area contributed by atoms with E-state index in [1.807, 2.05) is 18.2 Å². The highest BCUT2D eigenvalue weighted by atomic mass is 35.5. The van der Waals surface area contributed by atoms with Gasteiger partial charge in [0.25, 0.3) is 0 Å². The average Bonchev–Trinajstić information content (AvgIpc) is 2.83. The van der Waals surface area contributed by atoms with E-state index in [1.165, 1.54) is 30.4 Å². The van der Waals surface area contributed by atoms with Gasteiger partial charge in [-0.1, -0.05) is 60.5 Å². The van der Waals surface area contributed by atoms with Crippen LogP contribution >= 0.6 is 11.6 Å². The Hall–Kier alpha value is -1.80. The minimum Gasteiger partial charge on any atom is -0.363 e. The Kier molecular flexibility index (Phi) is 5.12. The van der Waals surface area contributed by atoms with Crippen LogP contribution in [0.5, 0.6) is 0 Å². The summed E-state index contributed by atoms with van der Waals surface area (Å²) in [4.78, 5) is 4.71. The van der Waals surface area contributed by atoms with Crippen molar-refractivity contribution in [3.8, 4) is 0 Å². The molecule has 1 N–H and O–H groups in total. The van der Waals surface area contributed by atoms with Crippen LogP contribution in [0.25, 0.3) is 0 Å². The van der Waals surface area contributed by atoms with Gasteiger partial charge in [0, 0.05) is 18.0 Å². The Morgan fingerprint density at radius 1 is 0.864 bits per heavy atom. The maximum atomic E-state index is 6.03. The fraction of sp³-hybridized carbons (Fsp3) is 0.316. The molecule has 0 aromatic heterocycles. The predicted molar refractivity (Wildman–Crippen MR) is 93.6 cm³/mol. The van der Waals surface area contributed by atoms with E-state index in [2.05, 4.69) is 41.7 Å². The van der Waals surface area contributed by atoms with Gasteiger partial charge < -0.3 is 5.32 Å². The van der Waals surface area contributed by atoms with E-state index in [1.54, 1.807) is 0 Å². The zero-order valence-corrected chi connectivity index (χ0v) is 13.4. The molecule has 0 bridgehead atoms. The molecule has 2 aromatic carbocycles. The van der Waals surface area contributed by atoms with E-state index < -0.39 is 0 Å². The lowest BCUT2D eigenvalue weighted by atomic mass is 9.98. The number of benzene rings is 2. The second kappa shape index (κ2) is 7.46. The van der Waals surface area contributed by atoms with Crippen LogP contribution in [0.15, 0.2) is 59.6 Å². The van der Waals surface area contributed by atoms with E-state index in [4.69, 9.17) is 16.6 Å². The van der Waals surface area contributed by atoms with Crippen molar-refractivity contribution >= 4 is 17.4 Å². The van der Waals surface area contributed by atoms with E-state index >= 15 is 0 Å². The summed E-state index contributed by atoms with van der Waals surface area (Å²) < 4.78 is 0. The van der Waals surface area contributed by atoms with Gasteiger partial charge in [-0.15, -0.1) is 0 Å². The van der Waals surface area contributed by atoms with Crippen molar-refractivity contribution in [1.82, 2.24) is 5.32 Å². The van der Waals surface area contributed by atoms with Crippen LogP contribution in [-0.2, 0) is 0 Å². The number of nitrogens with zero attached hydrogens (tertiary/aromatic N) is 1. The maximum absolute atomic E-state index is 6.03. The molecule has 1 aliphatic heterocycles. The fourth-order valence-electron chi connectivity index (χ4n) is 2.82. The third kappa shape index (κ3) is 3.89. The molecule has 0 saturated heterocycles. The highest BCUT2D eigenvalue weighted by Gasteiger charge is 2.16. The first-order valence-electron chi connectivity index (χ1n) is 7.93. The minimum atomic E-state index is 0.121. The summed E-state index contributed by atoms with van der Waals surface area (Å²) >= 11 is 6.03. The third-order valence-electron chi connectivity index (χ3n) is 4.02. The maximum Gasteiger partial charge on any atom is 0.0970 e. The number of halogens is 1. The van der Waals surface area contributed by atoms with Crippen molar-refractivity contribution < 1.29 is 0 Å². The van der Waals surface area contributed by atoms with Crippen LogP contribution in [-0.4, -0.2) is 12.4 Å². The Labute approximate surface area is 137 Å². The van der Waals surface area contributed by atoms with E-state index in [0.29, 0.717) is 0 Å². The van der Waals surface area contributed by atoms with Crippen LogP contribution < -0.4 is 5.32 Å². The van der Waals surface area contributed by atoms with E-state index in [0.717, 1.165) is 23.8 Å². The van der Waals surface area contributed by atoms with E-state index in [9.17, 15) is 0 Å². The molecule has 0 radical (unpaired) electrons. The largest absolute Gasteiger partial charge is 0.363 e. The van der Waals surface area contributed by atoms with Crippen LogP contribution in [0.2, 0.25) is 5.02 Å². The lowest BCUT2D eigenvalue weighted by molar-refractivity contribution is 0.717. The summed E-state index contributed by atoms with van der Waals surface area (Å²) in [6, 6.07) is 18.7. The molecular weight excluding hydrogens is 292 g/mol. The monoisotopic (exact) mass is 312 g/mol. The Morgan fingerprint density at radius 3 is 2.36 bits per heavy atom. The van der Waals surface area contributed by atoms with Gasteiger partial charge >= 0.3 is 0 Å². The molecule has 22 heavy (non-hydrogen) atoms. The molecule has 1 heterocycles. The zero-order valence-electron chi connectivity index (χ0n) is 12.6. The normalized spacial score (nSPS) is 16.5. The Balaban J connectivity index is 1.89. The molecule has 0 fully saturated rings. The summed E-state index contributed by atoms with van der Waals surface area (Å²) in [5, 5.41) is 4.42. The minimum absolute atomic E-state index is 0.121. The standard InChI is InChI=1S/C19H21ClN2/c20-17-12-10-16(11-13-17)19(15-7-3-1-4-8-15)22-18-9-5-2-6-14-21-18/h1,3-4,7-8,10-13,19H,2,5-6,9,14H2,(H,21,22). The summed E-state index contributed by atoms with van der Waals surface area (Å²) in [7, 11) is 0. The Bertz CT molecular complexity index is 620. The molecule has 2 nitrogen and oxygen atoms in total. The summed E-state index contributed by atoms with van der Waals surface area (Å²) in [6.07, 6.45) is 4.72. The number of rotatable bonds is 3. The molecule has 0 aliphatic carbocycles. The number of hydrogen-bond donors (Lipinski definition) is 1. The van der Waals surface area contributed by atoms with Crippen molar-refractivity contribution in [2.75, 3.05) is 6.54 Å². The molecule has 0 spiro atoms. The number of aliphatic imine (C=N–C) groups is 1. The smallest absolute Gasteiger partial charge is 0.0970 e. The highest BCUT2D eigenvalue weighted by molar-refractivity contribution is 6.30. The van der Waals surface area contributed by atoms with E-state index in [-0.39, 0.29) is 6.04 Å². The summed E-state index contributed by atoms with van der Waals surface area (Å²) in [6.45, 7) is 0.935. The van der Waals surface area contributed by atoms with Crippen molar-refractivity contribution in [3.05, 3.63) is 70.7 Å². The molecule has 2 aromatic rings. The van der Waals surface area contributed by atoms with Gasteiger partial charge in [0.2, 0.25) is 0 Å². The first-order chi connectivity index (χ1) is 10.8. The molecule has 114 valence electrons. The van der Waals surface area contributed by atoms with Gasteiger partial charge in [0.05, 0.1) is 11.9 Å². The van der Waals surface area contributed by atoms with Crippen molar-refractivity contribution in [1.29, 1.82) is 0 Å². The molecule has 1 unspecified atom stereocenters. The van der Waals surface area contributed by atoms with Crippen LogP contribution in [0.3, 0.4) is 0 Å². The van der Waals surface area contributed by atoms with Crippen LogP contribution in [0.1, 0.15) is 42.9 Å². The summed E-state index contributed by atoms with van der Waals surface area (Å²) in [5.74, 6) is 1.13. The molecular formula is C19H21ClN2. The van der Waals surface area contributed by atoms with Gasteiger partial charge in [-0.2, -0.15) is 0 Å². The number of hydrogen-bond acceptors (Lipinski definition) is 2. The molecule has 0 amide bonds. The first kappa shape index (κ1) is 15.1. The predicted octanol–water partition coefficient (Wildman–Crippen LogP) is 4.99. The lowest BCUT2D eigenvalue weighted by Gasteiger charge is -2.22. The highest BCUT2D eigenvalue weighted by Crippen LogP contribution is 2.24. The first-order valence-corrected chi connectivity index (χ1v) is 8.31. The molecule has 3 rings (SSSR count). The molecule has 3 heteroatoms. The summed E-state index contributed by atoms with van der Waals surface area (Å²) in [5.41, 5.74) is 2.46. The second-order valence-corrected chi connectivity index (χ2v) is 6.12. The van der Waals surface area contributed by atoms with Gasteiger partial charge in [-0.05, 0) is 36.1 Å². The van der Waals surface area contributed by atoms with Gasteiger partial charge in [0.1, 0.15) is 0 Å². The third-order valence-corrected chi connectivity index (χ3v) is 4.27. The second-order valence-electron chi connectivity index (χ2n) is 5.68. The van der Waals surface area contributed by atoms with Gasteiger partial charge in [0.15, 0.2) is 0 Å². The molecule has 1 atom stereocenters.